The molecule has 2 aliphatic heterocycles. The van der Waals surface area contributed by atoms with E-state index >= 15 is 0 Å². The number of fused-ring (bicyclic) bond motifs is 1. The second-order valence-corrected chi connectivity index (χ2v) is 6.46. The molecule has 2 rings (SSSR count). The molecule has 0 radical (unpaired) electrons. The summed E-state index contributed by atoms with van der Waals surface area (Å²) in [5, 5.41) is 2.80. The van der Waals surface area contributed by atoms with Crippen LogP contribution in [0.3, 0.4) is 0 Å². The van der Waals surface area contributed by atoms with Gasteiger partial charge in [-0.15, -0.1) is 0 Å². The van der Waals surface area contributed by atoms with E-state index in [0.717, 1.165) is 6.42 Å². The Labute approximate surface area is 129 Å². The zero-order valence-electron chi connectivity index (χ0n) is 13.4. The highest BCUT2D eigenvalue weighted by molar-refractivity contribution is 5.70. The van der Waals surface area contributed by atoms with Crippen LogP contribution in [0.4, 0.5) is 4.79 Å². The summed E-state index contributed by atoms with van der Waals surface area (Å²) in [5.74, 6) is 0. The second kappa shape index (κ2) is 9.29. The standard InChI is InChI=1S/C17H31NO3/c1-2-3-4-5-6-7-8-9-10-11-12-15-16-14(13-20-15)18-17(19)21-16/h14-16H,2-13H2,1H3,(H,18,19)/t14-,15-,16-/m0/s1. The quantitative estimate of drug-likeness (QED) is 0.582. The Balaban J connectivity index is 1.41. The van der Waals surface area contributed by atoms with Gasteiger partial charge in [-0.05, 0) is 6.42 Å². The Kier molecular flexibility index (Phi) is 7.34. The molecule has 21 heavy (non-hydrogen) atoms. The molecule has 0 aromatic heterocycles. The van der Waals surface area contributed by atoms with Crippen LogP contribution in [0.25, 0.3) is 0 Å². The van der Waals surface area contributed by atoms with Crippen LogP contribution >= 0.6 is 0 Å². The maximum absolute atomic E-state index is 11.2. The summed E-state index contributed by atoms with van der Waals surface area (Å²) in [4.78, 5) is 11.2. The van der Waals surface area contributed by atoms with Gasteiger partial charge < -0.3 is 14.8 Å². The fourth-order valence-corrected chi connectivity index (χ4v) is 3.35. The molecule has 2 heterocycles. The number of hydrogen-bond donors (Lipinski definition) is 1. The summed E-state index contributed by atoms with van der Waals surface area (Å²) < 4.78 is 11.0. The maximum atomic E-state index is 11.2. The van der Waals surface area contributed by atoms with Gasteiger partial charge in [-0.25, -0.2) is 4.79 Å². The molecular weight excluding hydrogens is 266 g/mol. The first-order valence-electron chi connectivity index (χ1n) is 8.90. The fourth-order valence-electron chi connectivity index (χ4n) is 3.35. The highest BCUT2D eigenvalue weighted by Gasteiger charge is 2.45. The minimum Gasteiger partial charge on any atom is -0.441 e. The molecule has 2 fully saturated rings. The fraction of sp³-hybridized carbons (Fsp3) is 0.941. The van der Waals surface area contributed by atoms with E-state index in [4.69, 9.17) is 9.47 Å². The molecule has 3 atom stereocenters. The van der Waals surface area contributed by atoms with E-state index in [1.54, 1.807) is 0 Å². The number of hydrogen-bond acceptors (Lipinski definition) is 3. The summed E-state index contributed by atoms with van der Waals surface area (Å²) in [6.45, 7) is 2.87. The maximum Gasteiger partial charge on any atom is 0.408 e. The van der Waals surface area contributed by atoms with Crippen molar-refractivity contribution in [2.45, 2.75) is 95.8 Å². The summed E-state index contributed by atoms with van der Waals surface area (Å²) in [7, 11) is 0. The van der Waals surface area contributed by atoms with Crippen LogP contribution in [0.5, 0.6) is 0 Å². The van der Waals surface area contributed by atoms with E-state index in [0.29, 0.717) is 6.61 Å². The van der Waals surface area contributed by atoms with Crippen LogP contribution in [-0.4, -0.2) is 30.9 Å². The number of alkyl carbamates (subject to hydrolysis) is 1. The Morgan fingerprint density at radius 3 is 2.29 bits per heavy atom. The SMILES string of the molecule is CCCCCCCCCCCC[C@@H]1OC[C@@H]2NC(=O)O[C@@H]21. The second-order valence-electron chi connectivity index (χ2n) is 6.46. The van der Waals surface area contributed by atoms with Gasteiger partial charge in [0.2, 0.25) is 0 Å². The molecule has 2 saturated heterocycles. The first-order valence-corrected chi connectivity index (χ1v) is 8.90. The molecule has 0 bridgehead atoms. The van der Waals surface area contributed by atoms with Gasteiger partial charge in [-0.2, -0.15) is 0 Å². The van der Waals surface area contributed by atoms with Gasteiger partial charge >= 0.3 is 6.09 Å². The lowest BCUT2D eigenvalue weighted by molar-refractivity contribution is 0.0286. The van der Waals surface area contributed by atoms with E-state index in [9.17, 15) is 4.79 Å². The predicted molar refractivity (Wildman–Crippen MR) is 83.4 cm³/mol. The number of amides is 1. The van der Waals surface area contributed by atoms with Crippen LogP contribution in [0, 0.1) is 0 Å². The summed E-state index contributed by atoms with van der Waals surface area (Å²) in [6.07, 6.45) is 14.3. The highest BCUT2D eigenvalue weighted by atomic mass is 16.6. The first-order chi connectivity index (χ1) is 10.3. The van der Waals surface area contributed by atoms with Crippen molar-refractivity contribution in [3.8, 4) is 0 Å². The molecule has 0 saturated carbocycles. The van der Waals surface area contributed by atoms with E-state index in [2.05, 4.69) is 12.2 Å². The van der Waals surface area contributed by atoms with E-state index in [1.807, 2.05) is 0 Å². The molecule has 0 aromatic rings. The number of ether oxygens (including phenoxy) is 2. The molecule has 0 unspecified atom stereocenters. The van der Waals surface area contributed by atoms with Gasteiger partial charge in [-0.1, -0.05) is 71.1 Å². The normalized spacial score (nSPS) is 27.5. The van der Waals surface area contributed by atoms with E-state index in [1.165, 1.54) is 64.2 Å². The number of unbranched alkanes of at least 4 members (excludes halogenated alkanes) is 9. The van der Waals surface area contributed by atoms with Gasteiger partial charge in [-0.3, -0.25) is 0 Å². The number of carbonyl (C=O) groups excluding carboxylic acids is 1. The zero-order chi connectivity index (χ0) is 14.9. The van der Waals surface area contributed by atoms with Gasteiger partial charge in [0.1, 0.15) is 0 Å². The van der Waals surface area contributed by atoms with Crippen molar-refractivity contribution < 1.29 is 14.3 Å². The Hall–Kier alpha value is -0.770. The molecule has 122 valence electrons. The van der Waals surface area contributed by atoms with E-state index in [-0.39, 0.29) is 24.3 Å². The van der Waals surface area contributed by atoms with Gasteiger partial charge in [0, 0.05) is 0 Å². The smallest absolute Gasteiger partial charge is 0.408 e. The third kappa shape index (κ3) is 5.50. The third-order valence-corrected chi connectivity index (χ3v) is 4.64. The first kappa shape index (κ1) is 16.6. The van der Waals surface area contributed by atoms with Crippen LogP contribution in [0.1, 0.15) is 77.6 Å². The largest absolute Gasteiger partial charge is 0.441 e. The zero-order valence-corrected chi connectivity index (χ0v) is 13.4. The third-order valence-electron chi connectivity index (χ3n) is 4.64. The van der Waals surface area contributed by atoms with Crippen molar-refractivity contribution in [1.29, 1.82) is 0 Å². The molecular formula is C17H31NO3. The Morgan fingerprint density at radius 2 is 1.62 bits per heavy atom. The summed E-state index contributed by atoms with van der Waals surface area (Å²) >= 11 is 0. The molecule has 4 nitrogen and oxygen atoms in total. The Bertz CT molecular complexity index is 308. The Morgan fingerprint density at radius 1 is 1.00 bits per heavy atom. The van der Waals surface area contributed by atoms with Crippen molar-refractivity contribution in [3.63, 3.8) is 0 Å². The summed E-state index contributed by atoms with van der Waals surface area (Å²) in [5.41, 5.74) is 0. The van der Waals surface area contributed by atoms with E-state index < -0.39 is 0 Å². The van der Waals surface area contributed by atoms with Crippen LogP contribution < -0.4 is 5.32 Å². The molecule has 2 aliphatic rings. The predicted octanol–water partition coefficient (Wildman–Crippen LogP) is 4.17. The number of carbonyl (C=O) groups is 1. The molecule has 1 amide bonds. The van der Waals surface area contributed by atoms with Crippen molar-refractivity contribution in [1.82, 2.24) is 5.32 Å². The van der Waals surface area contributed by atoms with Gasteiger partial charge in [0.15, 0.2) is 6.10 Å². The molecule has 0 spiro atoms. The minimum absolute atomic E-state index is 0.0453. The average Bonchev–Trinajstić information content (AvgIpc) is 3.01. The molecule has 1 N–H and O–H groups in total. The lowest BCUT2D eigenvalue weighted by Crippen LogP contribution is -2.32. The number of rotatable bonds is 11. The lowest BCUT2D eigenvalue weighted by Gasteiger charge is -2.15. The summed E-state index contributed by atoms with van der Waals surface area (Å²) in [6, 6.07) is 0.0885. The minimum atomic E-state index is -0.277. The van der Waals surface area contributed by atoms with Crippen molar-refractivity contribution in [2.24, 2.45) is 0 Å². The van der Waals surface area contributed by atoms with Crippen LogP contribution in [0.2, 0.25) is 0 Å². The highest BCUT2D eigenvalue weighted by Crippen LogP contribution is 2.26. The van der Waals surface area contributed by atoms with Crippen molar-refractivity contribution in [2.75, 3.05) is 6.61 Å². The molecule has 4 heteroatoms. The van der Waals surface area contributed by atoms with Crippen molar-refractivity contribution >= 4 is 6.09 Å². The van der Waals surface area contributed by atoms with Crippen molar-refractivity contribution in [3.05, 3.63) is 0 Å². The topological polar surface area (TPSA) is 47.6 Å². The monoisotopic (exact) mass is 297 g/mol. The van der Waals surface area contributed by atoms with Gasteiger partial charge in [0.25, 0.3) is 0 Å². The average molecular weight is 297 g/mol. The van der Waals surface area contributed by atoms with Gasteiger partial charge in [0.05, 0.1) is 18.8 Å². The van der Waals surface area contributed by atoms with Crippen LogP contribution in [0.15, 0.2) is 0 Å². The number of nitrogens with one attached hydrogen (secondary N) is 1. The molecule has 0 aliphatic carbocycles. The van der Waals surface area contributed by atoms with Crippen LogP contribution in [-0.2, 0) is 9.47 Å². The lowest BCUT2D eigenvalue weighted by atomic mass is 10.0. The molecule has 0 aromatic carbocycles.